The first-order valence-electron chi connectivity index (χ1n) is 5.79. The van der Waals surface area contributed by atoms with Crippen molar-refractivity contribution in [1.82, 2.24) is 4.98 Å². The SMILES string of the molecule is Cc1csc(COc2ccc(C(C)C)cc2)n1. The maximum atomic E-state index is 5.69. The summed E-state index contributed by atoms with van der Waals surface area (Å²) in [7, 11) is 0. The van der Waals surface area contributed by atoms with E-state index >= 15 is 0 Å². The monoisotopic (exact) mass is 247 g/mol. The molecular weight excluding hydrogens is 230 g/mol. The van der Waals surface area contributed by atoms with E-state index < -0.39 is 0 Å². The minimum atomic E-state index is 0.555. The van der Waals surface area contributed by atoms with Gasteiger partial charge in [-0.25, -0.2) is 4.98 Å². The third kappa shape index (κ3) is 3.30. The van der Waals surface area contributed by atoms with Crippen LogP contribution >= 0.6 is 11.3 Å². The van der Waals surface area contributed by atoms with E-state index in [2.05, 4.69) is 31.0 Å². The topological polar surface area (TPSA) is 22.1 Å². The maximum Gasteiger partial charge on any atom is 0.140 e. The first kappa shape index (κ1) is 12.1. The van der Waals surface area contributed by atoms with Crippen molar-refractivity contribution >= 4 is 11.3 Å². The van der Waals surface area contributed by atoms with Gasteiger partial charge < -0.3 is 4.74 Å². The Morgan fingerprint density at radius 3 is 2.47 bits per heavy atom. The zero-order valence-electron chi connectivity index (χ0n) is 10.4. The minimum Gasteiger partial charge on any atom is -0.486 e. The normalized spacial score (nSPS) is 10.8. The number of benzene rings is 1. The van der Waals surface area contributed by atoms with Crippen LogP contribution in [0.1, 0.15) is 36.0 Å². The standard InChI is InChI=1S/C14H17NOS/c1-10(2)12-4-6-13(7-5-12)16-8-14-15-11(3)9-17-14/h4-7,9-10H,8H2,1-3H3. The summed E-state index contributed by atoms with van der Waals surface area (Å²) in [6.45, 7) is 6.93. The van der Waals surface area contributed by atoms with Crippen molar-refractivity contribution in [2.75, 3.05) is 0 Å². The molecular formula is C14H17NOS. The Kier molecular flexibility index (Phi) is 3.79. The second-order valence-corrected chi connectivity index (χ2v) is 5.34. The van der Waals surface area contributed by atoms with E-state index in [9.17, 15) is 0 Å². The molecule has 0 saturated heterocycles. The number of hydrogen-bond acceptors (Lipinski definition) is 3. The van der Waals surface area contributed by atoms with E-state index in [-0.39, 0.29) is 0 Å². The van der Waals surface area contributed by atoms with Gasteiger partial charge in [0.25, 0.3) is 0 Å². The van der Waals surface area contributed by atoms with Crippen molar-refractivity contribution in [3.05, 3.63) is 45.9 Å². The average Bonchev–Trinajstić information content (AvgIpc) is 2.73. The Morgan fingerprint density at radius 2 is 1.94 bits per heavy atom. The molecule has 1 aromatic carbocycles. The molecule has 2 rings (SSSR count). The van der Waals surface area contributed by atoms with E-state index in [4.69, 9.17) is 4.74 Å². The summed E-state index contributed by atoms with van der Waals surface area (Å²) in [5.74, 6) is 1.47. The fourth-order valence-electron chi connectivity index (χ4n) is 1.56. The summed E-state index contributed by atoms with van der Waals surface area (Å²) < 4.78 is 5.69. The number of nitrogens with zero attached hydrogens (tertiary/aromatic N) is 1. The van der Waals surface area contributed by atoms with Gasteiger partial charge in [0.15, 0.2) is 0 Å². The number of hydrogen-bond donors (Lipinski definition) is 0. The molecule has 0 N–H and O–H groups in total. The first-order valence-corrected chi connectivity index (χ1v) is 6.67. The summed E-state index contributed by atoms with van der Waals surface area (Å²) >= 11 is 1.64. The van der Waals surface area contributed by atoms with Crippen LogP contribution in [0.5, 0.6) is 5.75 Å². The molecule has 2 nitrogen and oxygen atoms in total. The van der Waals surface area contributed by atoms with Crippen LogP contribution in [0.3, 0.4) is 0 Å². The lowest BCUT2D eigenvalue weighted by molar-refractivity contribution is 0.305. The summed E-state index contributed by atoms with van der Waals surface area (Å²) in [4.78, 5) is 4.37. The van der Waals surface area contributed by atoms with Crippen LogP contribution in [0.2, 0.25) is 0 Å². The zero-order valence-corrected chi connectivity index (χ0v) is 11.3. The summed E-state index contributed by atoms with van der Waals surface area (Å²) in [6, 6.07) is 8.28. The quantitative estimate of drug-likeness (QED) is 0.809. The second kappa shape index (κ2) is 5.32. The molecule has 2 aromatic rings. The molecule has 0 spiro atoms. The minimum absolute atomic E-state index is 0.555. The first-order chi connectivity index (χ1) is 8.15. The number of aromatic nitrogens is 1. The lowest BCUT2D eigenvalue weighted by Crippen LogP contribution is -1.95. The number of aryl methyl sites for hydroxylation is 1. The Hall–Kier alpha value is -1.35. The van der Waals surface area contributed by atoms with Crippen molar-refractivity contribution in [3.63, 3.8) is 0 Å². The summed E-state index contributed by atoms with van der Waals surface area (Å²) in [5.41, 5.74) is 2.39. The van der Waals surface area contributed by atoms with Gasteiger partial charge in [-0.1, -0.05) is 26.0 Å². The van der Waals surface area contributed by atoms with Crippen molar-refractivity contribution in [3.8, 4) is 5.75 Å². The van der Waals surface area contributed by atoms with Crippen LogP contribution in [-0.2, 0) is 6.61 Å². The lowest BCUT2D eigenvalue weighted by Gasteiger charge is -2.07. The van der Waals surface area contributed by atoms with Gasteiger partial charge in [-0.2, -0.15) is 0 Å². The van der Waals surface area contributed by atoms with Crippen LogP contribution in [0.15, 0.2) is 29.6 Å². The fraction of sp³-hybridized carbons (Fsp3) is 0.357. The van der Waals surface area contributed by atoms with Gasteiger partial charge >= 0.3 is 0 Å². The van der Waals surface area contributed by atoms with Gasteiger partial charge in [0.2, 0.25) is 0 Å². The molecule has 3 heteroatoms. The molecule has 0 radical (unpaired) electrons. The molecule has 90 valence electrons. The molecule has 0 saturated carbocycles. The third-order valence-electron chi connectivity index (χ3n) is 2.58. The molecule has 0 aliphatic heterocycles. The van der Waals surface area contributed by atoms with E-state index in [1.165, 1.54) is 5.56 Å². The fourth-order valence-corrected chi connectivity index (χ4v) is 2.25. The van der Waals surface area contributed by atoms with Gasteiger partial charge in [-0.3, -0.25) is 0 Å². The van der Waals surface area contributed by atoms with Crippen molar-refractivity contribution in [1.29, 1.82) is 0 Å². The molecule has 0 fully saturated rings. The zero-order chi connectivity index (χ0) is 12.3. The highest BCUT2D eigenvalue weighted by Gasteiger charge is 2.02. The van der Waals surface area contributed by atoms with Gasteiger partial charge in [0, 0.05) is 11.1 Å². The van der Waals surface area contributed by atoms with E-state index in [0.717, 1.165) is 16.5 Å². The molecule has 1 heterocycles. The molecule has 0 aliphatic carbocycles. The van der Waals surface area contributed by atoms with Crippen molar-refractivity contribution < 1.29 is 4.74 Å². The van der Waals surface area contributed by atoms with Crippen LogP contribution in [0, 0.1) is 6.92 Å². The molecule has 0 amide bonds. The van der Waals surface area contributed by atoms with Crippen LogP contribution in [0.4, 0.5) is 0 Å². The lowest BCUT2D eigenvalue weighted by atomic mass is 10.0. The summed E-state index contributed by atoms with van der Waals surface area (Å²) in [5, 5.41) is 3.07. The Balaban J connectivity index is 1.95. The highest BCUT2D eigenvalue weighted by molar-refractivity contribution is 7.09. The Bertz CT molecular complexity index is 473. The van der Waals surface area contributed by atoms with E-state index in [1.54, 1.807) is 11.3 Å². The molecule has 17 heavy (non-hydrogen) atoms. The molecule has 1 aromatic heterocycles. The van der Waals surface area contributed by atoms with Crippen LogP contribution in [-0.4, -0.2) is 4.98 Å². The Labute approximate surface area is 106 Å². The molecule has 0 unspecified atom stereocenters. The predicted octanol–water partition coefficient (Wildman–Crippen LogP) is 4.15. The van der Waals surface area contributed by atoms with Gasteiger partial charge in [0.1, 0.15) is 17.4 Å². The highest BCUT2D eigenvalue weighted by atomic mass is 32.1. The van der Waals surface area contributed by atoms with E-state index in [0.29, 0.717) is 12.5 Å². The predicted molar refractivity (Wildman–Crippen MR) is 71.7 cm³/mol. The molecule has 0 bridgehead atoms. The average molecular weight is 247 g/mol. The third-order valence-corrected chi connectivity index (χ3v) is 3.52. The van der Waals surface area contributed by atoms with Crippen molar-refractivity contribution in [2.45, 2.75) is 33.3 Å². The Morgan fingerprint density at radius 1 is 1.24 bits per heavy atom. The highest BCUT2D eigenvalue weighted by Crippen LogP contribution is 2.20. The number of thiazole rings is 1. The van der Waals surface area contributed by atoms with Crippen molar-refractivity contribution in [2.24, 2.45) is 0 Å². The van der Waals surface area contributed by atoms with E-state index in [1.807, 2.05) is 24.4 Å². The van der Waals surface area contributed by atoms with Gasteiger partial charge in [-0.05, 0) is 30.5 Å². The van der Waals surface area contributed by atoms with Gasteiger partial charge in [-0.15, -0.1) is 11.3 Å². The number of rotatable bonds is 4. The van der Waals surface area contributed by atoms with Gasteiger partial charge in [0.05, 0.1) is 0 Å². The molecule has 0 aliphatic rings. The largest absolute Gasteiger partial charge is 0.486 e. The smallest absolute Gasteiger partial charge is 0.140 e. The van der Waals surface area contributed by atoms with Crippen LogP contribution in [0.25, 0.3) is 0 Å². The van der Waals surface area contributed by atoms with Crippen LogP contribution < -0.4 is 4.74 Å². The number of ether oxygens (including phenoxy) is 1. The molecule has 0 atom stereocenters. The maximum absolute atomic E-state index is 5.69. The summed E-state index contributed by atoms with van der Waals surface area (Å²) in [6.07, 6.45) is 0. The second-order valence-electron chi connectivity index (χ2n) is 4.40.